The minimum Gasteiger partial charge on any atom is -0.394 e. The number of unbranched alkanes of at least 4 members (excludes halogenated alkanes) is 5. The molecule has 3 unspecified atom stereocenters. The molecule has 4 nitrogen and oxygen atoms in total. The second-order valence-corrected chi connectivity index (χ2v) is 4.78. The summed E-state index contributed by atoms with van der Waals surface area (Å²) < 4.78 is 10.3. The van der Waals surface area contributed by atoms with Gasteiger partial charge in [-0.05, 0) is 6.42 Å². The quantitative estimate of drug-likeness (QED) is 0.529. The first-order chi connectivity index (χ1) is 8.71. The minimum atomic E-state index is -0.571. The van der Waals surface area contributed by atoms with Gasteiger partial charge in [0.15, 0.2) is 0 Å². The average molecular weight is 262 g/mol. The van der Waals surface area contributed by atoms with E-state index in [0.717, 1.165) is 12.8 Å². The Hall–Kier alpha value is -0.160. The van der Waals surface area contributed by atoms with E-state index in [9.17, 15) is 5.11 Å². The maximum Gasteiger partial charge on any atom is 0.111 e. The highest BCUT2D eigenvalue weighted by atomic mass is 16.5. The highest BCUT2D eigenvalue weighted by Gasteiger charge is 2.27. The molecule has 0 aromatic heterocycles. The first kappa shape index (κ1) is 17.8. The summed E-state index contributed by atoms with van der Waals surface area (Å²) in [5, 5.41) is 19.2. The fraction of sp³-hybridized carbons (Fsp3) is 1.00. The molecule has 0 aliphatic heterocycles. The zero-order chi connectivity index (χ0) is 13.8. The molecule has 0 aromatic rings. The molecule has 0 aromatic carbocycles. The molecule has 0 fully saturated rings. The number of methoxy groups -OCH3 is 2. The first-order valence-corrected chi connectivity index (χ1v) is 7.05. The summed E-state index contributed by atoms with van der Waals surface area (Å²) in [5.41, 5.74) is 0. The second kappa shape index (κ2) is 11.9. The van der Waals surface area contributed by atoms with Crippen LogP contribution in [0.25, 0.3) is 0 Å². The van der Waals surface area contributed by atoms with Gasteiger partial charge in [0.05, 0.1) is 12.7 Å². The number of aliphatic hydroxyl groups excluding tert-OH is 2. The van der Waals surface area contributed by atoms with Crippen LogP contribution >= 0.6 is 0 Å². The van der Waals surface area contributed by atoms with Crippen LogP contribution in [0.4, 0.5) is 0 Å². The lowest BCUT2D eigenvalue weighted by molar-refractivity contribution is -0.112. The van der Waals surface area contributed by atoms with E-state index >= 15 is 0 Å². The number of ether oxygens (including phenoxy) is 2. The van der Waals surface area contributed by atoms with Crippen molar-refractivity contribution >= 4 is 0 Å². The van der Waals surface area contributed by atoms with Gasteiger partial charge < -0.3 is 19.7 Å². The topological polar surface area (TPSA) is 58.9 Å². The second-order valence-electron chi connectivity index (χ2n) is 4.78. The van der Waals surface area contributed by atoms with E-state index in [4.69, 9.17) is 14.6 Å². The van der Waals surface area contributed by atoms with Gasteiger partial charge >= 0.3 is 0 Å². The summed E-state index contributed by atoms with van der Waals surface area (Å²) in [7, 11) is 3.06. The van der Waals surface area contributed by atoms with Crippen LogP contribution in [0, 0.1) is 0 Å². The van der Waals surface area contributed by atoms with E-state index in [-0.39, 0.29) is 6.61 Å². The molecule has 18 heavy (non-hydrogen) atoms. The lowest BCUT2D eigenvalue weighted by atomic mass is 10.0. The van der Waals surface area contributed by atoms with Crippen LogP contribution in [-0.4, -0.2) is 49.4 Å². The van der Waals surface area contributed by atoms with Gasteiger partial charge in [0.25, 0.3) is 0 Å². The number of rotatable bonds is 12. The van der Waals surface area contributed by atoms with Crippen molar-refractivity contribution in [3.8, 4) is 0 Å². The third-order valence-corrected chi connectivity index (χ3v) is 3.35. The molecule has 4 heteroatoms. The zero-order valence-electron chi connectivity index (χ0n) is 12.1. The van der Waals surface area contributed by atoms with Crippen molar-refractivity contribution in [1.29, 1.82) is 0 Å². The van der Waals surface area contributed by atoms with E-state index in [1.54, 1.807) is 0 Å². The van der Waals surface area contributed by atoms with Gasteiger partial charge in [-0.25, -0.2) is 0 Å². The molecule has 0 saturated heterocycles. The summed E-state index contributed by atoms with van der Waals surface area (Å²) in [6, 6.07) is 0. The van der Waals surface area contributed by atoms with Crippen LogP contribution in [0.3, 0.4) is 0 Å². The minimum absolute atomic E-state index is 0.136. The monoisotopic (exact) mass is 262 g/mol. The maximum absolute atomic E-state index is 10.0. The molecule has 0 radical (unpaired) electrons. The van der Waals surface area contributed by atoms with Crippen LogP contribution in [0.2, 0.25) is 0 Å². The Bertz CT molecular complexity index is 171. The zero-order valence-corrected chi connectivity index (χ0v) is 12.1. The Labute approximate surface area is 111 Å². The van der Waals surface area contributed by atoms with E-state index in [2.05, 4.69) is 6.92 Å². The third-order valence-electron chi connectivity index (χ3n) is 3.35. The van der Waals surface area contributed by atoms with Gasteiger partial charge in [0.2, 0.25) is 0 Å². The number of hydrogen-bond donors (Lipinski definition) is 2. The molecule has 0 spiro atoms. The van der Waals surface area contributed by atoms with Crippen molar-refractivity contribution < 1.29 is 19.7 Å². The Kier molecular flexibility index (Phi) is 11.8. The number of hydrogen-bond acceptors (Lipinski definition) is 4. The Morgan fingerprint density at radius 3 is 2.06 bits per heavy atom. The SMILES string of the molecule is CCCCCCCCC(O)C(OC)C(CO)OC. The van der Waals surface area contributed by atoms with E-state index in [1.807, 2.05) is 0 Å². The van der Waals surface area contributed by atoms with Crippen LogP contribution in [0.5, 0.6) is 0 Å². The smallest absolute Gasteiger partial charge is 0.111 e. The molecule has 2 N–H and O–H groups in total. The predicted octanol–water partition coefficient (Wildman–Crippen LogP) is 2.12. The lowest BCUT2D eigenvalue weighted by Crippen LogP contribution is -2.42. The summed E-state index contributed by atoms with van der Waals surface area (Å²) >= 11 is 0. The van der Waals surface area contributed by atoms with Crippen LogP contribution < -0.4 is 0 Å². The fourth-order valence-electron chi connectivity index (χ4n) is 2.17. The molecule has 0 aliphatic carbocycles. The number of aliphatic hydroxyl groups is 2. The molecule has 0 saturated carbocycles. The third kappa shape index (κ3) is 7.31. The van der Waals surface area contributed by atoms with Crippen LogP contribution in [-0.2, 0) is 9.47 Å². The van der Waals surface area contributed by atoms with Crippen molar-refractivity contribution in [2.75, 3.05) is 20.8 Å². The standard InChI is InChI=1S/C14H30O4/c1-4-5-6-7-8-9-10-12(16)14(18-3)13(11-15)17-2/h12-16H,4-11H2,1-3H3. The van der Waals surface area contributed by atoms with Gasteiger partial charge in [-0.1, -0.05) is 45.4 Å². The van der Waals surface area contributed by atoms with Crippen molar-refractivity contribution in [2.24, 2.45) is 0 Å². The normalized spacial score (nSPS) is 16.5. The predicted molar refractivity (Wildman–Crippen MR) is 72.7 cm³/mol. The highest BCUT2D eigenvalue weighted by molar-refractivity contribution is 4.77. The van der Waals surface area contributed by atoms with Crippen LogP contribution in [0.15, 0.2) is 0 Å². The molecule has 3 atom stereocenters. The highest BCUT2D eigenvalue weighted by Crippen LogP contribution is 2.15. The Morgan fingerprint density at radius 1 is 0.944 bits per heavy atom. The van der Waals surface area contributed by atoms with Crippen molar-refractivity contribution in [1.82, 2.24) is 0 Å². The van der Waals surface area contributed by atoms with Gasteiger partial charge in [0, 0.05) is 14.2 Å². The van der Waals surface area contributed by atoms with E-state index in [1.165, 1.54) is 39.9 Å². The van der Waals surface area contributed by atoms with Crippen molar-refractivity contribution in [2.45, 2.75) is 70.2 Å². The fourth-order valence-corrected chi connectivity index (χ4v) is 2.17. The molecule has 0 bridgehead atoms. The summed E-state index contributed by atoms with van der Waals surface area (Å²) in [4.78, 5) is 0. The maximum atomic E-state index is 10.0. The molecular formula is C14H30O4. The molecule has 0 heterocycles. The van der Waals surface area contributed by atoms with Crippen molar-refractivity contribution in [3.63, 3.8) is 0 Å². The molecule has 110 valence electrons. The molecular weight excluding hydrogens is 232 g/mol. The Balaban J connectivity index is 3.79. The van der Waals surface area contributed by atoms with Gasteiger partial charge in [0.1, 0.15) is 12.2 Å². The molecule has 0 rings (SSSR count). The van der Waals surface area contributed by atoms with Gasteiger partial charge in [-0.2, -0.15) is 0 Å². The molecule has 0 aliphatic rings. The Morgan fingerprint density at radius 2 is 1.56 bits per heavy atom. The van der Waals surface area contributed by atoms with Gasteiger partial charge in [-0.3, -0.25) is 0 Å². The van der Waals surface area contributed by atoms with E-state index < -0.39 is 18.3 Å². The van der Waals surface area contributed by atoms with Crippen molar-refractivity contribution in [3.05, 3.63) is 0 Å². The lowest BCUT2D eigenvalue weighted by Gasteiger charge is -2.27. The van der Waals surface area contributed by atoms with Crippen LogP contribution in [0.1, 0.15) is 51.9 Å². The summed E-state index contributed by atoms with van der Waals surface area (Å²) in [6.07, 6.45) is 6.41. The largest absolute Gasteiger partial charge is 0.394 e. The van der Waals surface area contributed by atoms with Gasteiger partial charge in [-0.15, -0.1) is 0 Å². The summed E-state index contributed by atoms with van der Waals surface area (Å²) in [5.74, 6) is 0. The summed E-state index contributed by atoms with van der Waals surface area (Å²) in [6.45, 7) is 2.06. The molecule has 0 amide bonds. The average Bonchev–Trinajstić information content (AvgIpc) is 2.39. The first-order valence-electron chi connectivity index (χ1n) is 7.05. The van der Waals surface area contributed by atoms with E-state index in [0.29, 0.717) is 6.42 Å².